The second-order valence-corrected chi connectivity index (χ2v) is 4.89. The molecule has 1 aromatic rings. The lowest BCUT2D eigenvalue weighted by molar-refractivity contribution is 0.126. The van der Waals surface area contributed by atoms with Crippen LogP contribution in [0.2, 0.25) is 0 Å². The molecule has 6 heteroatoms. The van der Waals surface area contributed by atoms with E-state index in [1.54, 1.807) is 7.11 Å². The van der Waals surface area contributed by atoms with Gasteiger partial charge in [-0.1, -0.05) is 0 Å². The zero-order chi connectivity index (χ0) is 13.7. The Hall–Kier alpha value is -1.40. The smallest absolute Gasteiger partial charge is 0.158 e. The summed E-state index contributed by atoms with van der Waals surface area (Å²) in [7, 11) is 3.46. The van der Waals surface area contributed by atoms with Gasteiger partial charge in [-0.3, -0.25) is 0 Å². The molecule has 1 heterocycles. The van der Waals surface area contributed by atoms with Crippen LogP contribution in [0.15, 0.2) is 6.07 Å². The molecule has 1 aromatic heterocycles. The van der Waals surface area contributed by atoms with Crippen molar-refractivity contribution in [3.05, 3.63) is 11.9 Å². The Morgan fingerprint density at radius 2 is 1.95 bits per heavy atom. The van der Waals surface area contributed by atoms with E-state index in [-0.39, 0.29) is 6.10 Å². The quantitative estimate of drug-likeness (QED) is 0.747. The predicted octanol–water partition coefficient (Wildman–Crippen LogP) is 1.38. The van der Waals surface area contributed by atoms with Crippen molar-refractivity contribution in [3.63, 3.8) is 0 Å². The van der Waals surface area contributed by atoms with E-state index >= 15 is 0 Å². The number of hydrogen-bond acceptors (Lipinski definition) is 6. The van der Waals surface area contributed by atoms with Crippen LogP contribution in [0.1, 0.15) is 31.5 Å². The molecule has 0 radical (unpaired) electrons. The van der Waals surface area contributed by atoms with E-state index in [0.717, 1.165) is 37.3 Å². The molecule has 0 amide bonds. The largest absolute Gasteiger partial charge is 0.393 e. The number of ether oxygens (including phenoxy) is 1. The van der Waals surface area contributed by atoms with E-state index in [2.05, 4.69) is 20.6 Å². The van der Waals surface area contributed by atoms with Crippen LogP contribution in [-0.2, 0) is 11.3 Å². The highest BCUT2D eigenvalue weighted by atomic mass is 16.5. The molecule has 1 fully saturated rings. The summed E-state index contributed by atoms with van der Waals surface area (Å²) in [5.74, 6) is 2.25. The van der Waals surface area contributed by atoms with Gasteiger partial charge < -0.3 is 20.5 Å². The van der Waals surface area contributed by atoms with Gasteiger partial charge in [-0.05, 0) is 25.7 Å². The van der Waals surface area contributed by atoms with Gasteiger partial charge in [0.25, 0.3) is 0 Å². The van der Waals surface area contributed by atoms with Gasteiger partial charge >= 0.3 is 0 Å². The molecule has 0 atom stereocenters. The third-order valence-corrected chi connectivity index (χ3v) is 3.35. The maximum atomic E-state index is 9.51. The maximum absolute atomic E-state index is 9.51. The minimum absolute atomic E-state index is 0.139. The molecule has 1 aliphatic rings. The molecule has 2 rings (SSSR count). The Morgan fingerprint density at radius 3 is 2.58 bits per heavy atom. The van der Waals surface area contributed by atoms with E-state index in [4.69, 9.17) is 4.74 Å². The highest BCUT2D eigenvalue weighted by Crippen LogP contribution is 2.22. The normalized spacial score (nSPS) is 23.1. The van der Waals surface area contributed by atoms with E-state index in [1.165, 1.54) is 0 Å². The molecule has 0 saturated heterocycles. The van der Waals surface area contributed by atoms with Crippen LogP contribution in [0, 0.1) is 0 Å². The summed E-state index contributed by atoms with van der Waals surface area (Å²) in [6.45, 7) is 0.396. The number of nitrogens with zero attached hydrogens (tertiary/aromatic N) is 2. The summed E-state index contributed by atoms with van der Waals surface area (Å²) in [4.78, 5) is 8.75. The van der Waals surface area contributed by atoms with Gasteiger partial charge in [0.2, 0.25) is 0 Å². The lowest BCUT2D eigenvalue weighted by Gasteiger charge is -2.26. The number of methoxy groups -OCH3 is 1. The van der Waals surface area contributed by atoms with Crippen LogP contribution in [0.4, 0.5) is 11.6 Å². The number of aromatic nitrogens is 2. The first-order chi connectivity index (χ1) is 9.21. The summed E-state index contributed by atoms with van der Waals surface area (Å²) in [6.07, 6.45) is 3.51. The van der Waals surface area contributed by atoms with Crippen LogP contribution in [0.5, 0.6) is 0 Å². The molecule has 106 valence electrons. The molecular formula is C13H22N4O2. The minimum atomic E-state index is -0.139. The van der Waals surface area contributed by atoms with Crippen molar-refractivity contribution in [3.8, 4) is 0 Å². The fraction of sp³-hybridized carbons (Fsp3) is 0.692. The molecule has 6 nitrogen and oxygen atoms in total. The van der Waals surface area contributed by atoms with Gasteiger partial charge in [-0.2, -0.15) is 0 Å². The SMILES string of the molecule is CNc1cc(NC2CCC(O)CC2)nc(COC)n1. The van der Waals surface area contributed by atoms with Crippen molar-refractivity contribution in [1.29, 1.82) is 0 Å². The minimum Gasteiger partial charge on any atom is -0.393 e. The molecule has 0 bridgehead atoms. The van der Waals surface area contributed by atoms with Gasteiger partial charge in [-0.15, -0.1) is 0 Å². The third-order valence-electron chi connectivity index (χ3n) is 3.35. The van der Waals surface area contributed by atoms with Gasteiger partial charge in [0.05, 0.1) is 6.10 Å². The molecule has 0 aromatic carbocycles. The Morgan fingerprint density at radius 1 is 1.26 bits per heavy atom. The second-order valence-electron chi connectivity index (χ2n) is 4.89. The Balaban J connectivity index is 2.04. The lowest BCUT2D eigenvalue weighted by Crippen LogP contribution is -2.28. The summed E-state index contributed by atoms with van der Waals surface area (Å²) >= 11 is 0. The Kier molecular flexibility index (Phi) is 4.93. The number of aliphatic hydroxyl groups excluding tert-OH is 1. The predicted molar refractivity (Wildman–Crippen MR) is 74.2 cm³/mol. The molecular weight excluding hydrogens is 244 g/mol. The van der Waals surface area contributed by atoms with Crippen molar-refractivity contribution in [2.75, 3.05) is 24.8 Å². The molecule has 3 N–H and O–H groups in total. The number of anilines is 2. The number of hydrogen-bond donors (Lipinski definition) is 3. The third kappa shape index (κ3) is 4.04. The summed E-state index contributed by atoms with van der Waals surface area (Å²) in [5.41, 5.74) is 0. The van der Waals surface area contributed by atoms with Crippen molar-refractivity contribution in [2.24, 2.45) is 0 Å². The summed E-state index contributed by atoms with van der Waals surface area (Å²) in [5, 5.41) is 16.0. The van der Waals surface area contributed by atoms with E-state index in [0.29, 0.717) is 18.5 Å². The molecule has 0 aliphatic heterocycles. The topological polar surface area (TPSA) is 79.3 Å². The fourth-order valence-electron chi connectivity index (χ4n) is 2.32. The second kappa shape index (κ2) is 6.68. The molecule has 1 aliphatic carbocycles. The molecule has 19 heavy (non-hydrogen) atoms. The van der Waals surface area contributed by atoms with Gasteiger partial charge in [0.1, 0.15) is 18.2 Å². The van der Waals surface area contributed by atoms with Gasteiger partial charge in [0, 0.05) is 26.3 Å². The fourth-order valence-corrected chi connectivity index (χ4v) is 2.32. The molecule has 0 spiro atoms. The van der Waals surface area contributed by atoms with Crippen LogP contribution in [0.3, 0.4) is 0 Å². The van der Waals surface area contributed by atoms with Crippen molar-refractivity contribution in [2.45, 2.75) is 44.4 Å². The average molecular weight is 266 g/mol. The van der Waals surface area contributed by atoms with Crippen molar-refractivity contribution < 1.29 is 9.84 Å². The first kappa shape index (κ1) is 14.0. The van der Waals surface area contributed by atoms with Crippen LogP contribution >= 0.6 is 0 Å². The van der Waals surface area contributed by atoms with E-state index in [1.807, 2.05) is 13.1 Å². The highest BCUT2D eigenvalue weighted by Gasteiger charge is 2.19. The average Bonchev–Trinajstić information content (AvgIpc) is 2.41. The lowest BCUT2D eigenvalue weighted by atomic mass is 9.93. The van der Waals surface area contributed by atoms with E-state index < -0.39 is 0 Å². The zero-order valence-electron chi connectivity index (χ0n) is 11.5. The summed E-state index contributed by atoms with van der Waals surface area (Å²) in [6, 6.07) is 2.27. The Labute approximate surface area is 113 Å². The highest BCUT2D eigenvalue weighted by molar-refractivity contribution is 5.47. The van der Waals surface area contributed by atoms with Crippen LogP contribution in [-0.4, -0.2) is 41.4 Å². The first-order valence-electron chi connectivity index (χ1n) is 6.70. The number of nitrogens with one attached hydrogen (secondary N) is 2. The van der Waals surface area contributed by atoms with Crippen LogP contribution < -0.4 is 10.6 Å². The number of rotatable bonds is 5. The van der Waals surface area contributed by atoms with Gasteiger partial charge in [-0.25, -0.2) is 9.97 Å². The molecule has 1 saturated carbocycles. The van der Waals surface area contributed by atoms with Gasteiger partial charge in [0.15, 0.2) is 5.82 Å². The molecule has 0 unspecified atom stereocenters. The van der Waals surface area contributed by atoms with Crippen molar-refractivity contribution >= 4 is 11.6 Å². The van der Waals surface area contributed by atoms with E-state index in [9.17, 15) is 5.11 Å². The number of aliphatic hydroxyl groups is 1. The van der Waals surface area contributed by atoms with Crippen molar-refractivity contribution in [1.82, 2.24) is 9.97 Å². The maximum Gasteiger partial charge on any atom is 0.158 e. The Bertz CT molecular complexity index is 406. The monoisotopic (exact) mass is 266 g/mol. The van der Waals surface area contributed by atoms with Crippen LogP contribution in [0.25, 0.3) is 0 Å². The standard InChI is InChI=1S/C13H22N4O2/c1-14-11-7-12(17-13(16-11)8-19-2)15-9-3-5-10(18)6-4-9/h7,9-10,18H,3-6,8H2,1-2H3,(H2,14,15,16,17). The summed E-state index contributed by atoms with van der Waals surface area (Å²) < 4.78 is 5.07. The first-order valence-corrected chi connectivity index (χ1v) is 6.70. The zero-order valence-corrected chi connectivity index (χ0v) is 11.5.